The number of amides is 2. The number of rotatable bonds is 8. The Morgan fingerprint density at radius 2 is 1.93 bits per heavy atom. The van der Waals surface area contributed by atoms with Crippen LogP contribution in [0.4, 0.5) is 15.4 Å². The van der Waals surface area contributed by atoms with E-state index in [0.29, 0.717) is 42.4 Å². The van der Waals surface area contributed by atoms with Crippen LogP contribution in [0.3, 0.4) is 0 Å². The maximum Gasteiger partial charge on any atom is 0.508 e. The number of carboxylic acids is 1. The van der Waals surface area contributed by atoms with E-state index in [1.165, 1.54) is 0 Å². The van der Waals surface area contributed by atoms with Crippen molar-refractivity contribution < 1.29 is 33.7 Å². The first-order valence-corrected chi connectivity index (χ1v) is 16.3. The van der Waals surface area contributed by atoms with Crippen molar-refractivity contribution in [3.8, 4) is 12.3 Å². The van der Waals surface area contributed by atoms with E-state index in [4.69, 9.17) is 43.1 Å². The number of nitrogens with zero attached hydrogens (tertiary/aromatic N) is 3. The molecule has 3 saturated heterocycles. The number of hydrogen-bond donors (Lipinski definition) is 4. The third kappa shape index (κ3) is 9.41. The van der Waals surface area contributed by atoms with E-state index in [-0.39, 0.29) is 30.3 Å². The first kappa shape index (κ1) is 34.7. The molecule has 0 bridgehead atoms. The number of fused-ring (bicyclic) bond motifs is 2. The fourth-order valence-electron chi connectivity index (χ4n) is 4.93. The van der Waals surface area contributed by atoms with Gasteiger partial charge in [0, 0.05) is 24.1 Å². The Morgan fingerprint density at radius 3 is 2.57 bits per heavy atom. The molecule has 1 aromatic carbocycles. The average molecular weight is 673 g/mol. The van der Waals surface area contributed by atoms with Gasteiger partial charge in [0.25, 0.3) is 0 Å². The number of carbonyl (C=O) groups excluding carboxylic acids is 2. The van der Waals surface area contributed by atoms with Crippen molar-refractivity contribution in [2.75, 3.05) is 23.8 Å². The minimum atomic E-state index is -1.06. The maximum absolute atomic E-state index is 12.0. The second-order valence-electron chi connectivity index (χ2n) is 10.8. The van der Waals surface area contributed by atoms with E-state index >= 15 is 0 Å². The number of urea groups is 1. The molecule has 46 heavy (non-hydrogen) atoms. The average Bonchev–Trinajstić information content (AvgIpc) is 3.83. The van der Waals surface area contributed by atoms with Gasteiger partial charge in [0.2, 0.25) is 5.28 Å². The number of aromatic nitrogens is 3. The van der Waals surface area contributed by atoms with Crippen molar-refractivity contribution >= 4 is 58.4 Å². The Balaban J connectivity index is 0.000000244. The zero-order chi connectivity index (χ0) is 33.1. The molecule has 6 rings (SSSR count). The number of nitrogens with one attached hydrogen (secondary N) is 2. The van der Waals surface area contributed by atoms with Gasteiger partial charge in [0.1, 0.15) is 30.9 Å². The number of benzene rings is 1. The second-order valence-corrected chi connectivity index (χ2v) is 12.2. The highest BCUT2D eigenvalue weighted by atomic mass is 35.5. The number of ether oxygens (including phenoxy) is 3. The summed E-state index contributed by atoms with van der Waals surface area (Å²) in [6, 6.07) is 11.9. The number of carbonyl (C=O) groups is 3. The van der Waals surface area contributed by atoms with Crippen LogP contribution in [0, 0.1) is 12.3 Å². The lowest BCUT2D eigenvalue weighted by Crippen LogP contribution is -2.34. The highest BCUT2D eigenvalue weighted by Crippen LogP contribution is 2.38. The van der Waals surface area contributed by atoms with Gasteiger partial charge < -0.3 is 40.3 Å². The number of thioether (sulfide) groups is 1. The predicted molar refractivity (Wildman–Crippen MR) is 174 cm³/mol. The minimum Gasteiger partial charge on any atom is -0.481 e. The van der Waals surface area contributed by atoms with Gasteiger partial charge in [-0.2, -0.15) is 16.7 Å². The number of nitrogen functional groups attached to an aromatic ring is 1. The number of terminal acetylenes is 1. The molecule has 246 valence electrons. The van der Waals surface area contributed by atoms with Crippen molar-refractivity contribution in [1.82, 2.24) is 25.2 Å². The molecular weight excluding hydrogens is 636 g/mol. The van der Waals surface area contributed by atoms with Crippen molar-refractivity contribution in [3.05, 3.63) is 53.4 Å². The van der Waals surface area contributed by atoms with E-state index in [1.807, 2.05) is 49.0 Å². The van der Waals surface area contributed by atoms with Gasteiger partial charge in [-0.1, -0.05) is 49.6 Å². The normalized spacial score (nSPS) is 22.6. The third-order valence-electron chi connectivity index (χ3n) is 7.38. The summed E-state index contributed by atoms with van der Waals surface area (Å²) in [6.07, 6.45) is 9.46. The van der Waals surface area contributed by atoms with Crippen LogP contribution in [-0.4, -0.2) is 73.6 Å². The number of halogens is 1. The Morgan fingerprint density at radius 1 is 1.22 bits per heavy atom. The number of unbranched alkanes of at least 4 members (excludes halogenated alkanes) is 1. The summed E-state index contributed by atoms with van der Waals surface area (Å²) in [6.45, 7) is 1.97. The van der Waals surface area contributed by atoms with Crippen LogP contribution < -0.4 is 16.4 Å². The zero-order valence-corrected chi connectivity index (χ0v) is 26.9. The molecule has 2 aromatic heterocycles. The Labute approximate surface area is 275 Å². The molecule has 0 saturated carbocycles. The zero-order valence-electron chi connectivity index (χ0n) is 25.3. The highest BCUT2D eigenvalue weighted by molar-refractivity contribution is 7.99. The lowest BCUT2D eigenvalue weighted by Gasteiger charge is -2.23. The highest BCUT2D eigenvalue weighted by Gasteiger charge is 2.41. The van der Waals surface area contributed by atoms with Crippen LogP contribution in [-0.2, 0) is 25.6 Å². The van der Waals surface area contributed by atoms with Crippen LogP contribution in [0.15, 0.2) is 42.6 Å². The van der Waals surface area contributed by atoms with Crippen LogP contribution >= 0.6 is 23.4 Å². The van der Waals surface area contributed by atoms with Gasteiger partial charge in [-0.25, -0.2) is 14.6 Å². The summed E-state index contributed by atoms with van der Waals surface area (Å²) in [5.74, 6) is 4.36. The van der Waals surface area contributed by atoms with Gasteiger partial charge in [0.15, 0.2) is 5.60 Å². The maximum atomic E-state index is 12.0. The molecule has 13 nitrogen and oxygen atoms in total. The fraction of sp³-hybridized carbons (Fsp3) is 0.452. The first-order chi connectivity index (χ1) is 22.1. The largest absolute Gasteiger partial charge is 0.508 e. The van der Waals surface area contributed by atoms with Crippen molar-refractivity contribution in [3.63, 3.8) is 0 Å². The van der Waals surface area contributed by atoms with E-state index in [9.17, 15) is 14.4 Å². The van der Waals surface area contributed by atoms with E-state index in [1.54, 1.807) is 16.8 Å². The van der Waals surface area contributed by atoms with Crippen molar-refractivity contribution in [2.45, 2.75) is 69.5 Å². The van der Waals surface area contributed by atoms with Gasteiger partial charge in [0.05, 0.1) is 17.5 Å². The number of hydrogen-bond acceptors (Lipinski definition) is 10. The molecule has 3 aliphatic rings. The Hall–Kier alpha value is -4.19. The smallest absolute Gasteiger partial charge is 0.481 e. The van der Waals surface area contributed by atoms with Gasteiger partial charge in [-0.05, 0) is 42.5 Å². The number of carboxylic acid groups (broad SMARTS) is 1. The second kappa shape index (κ2) is 16.4. The molecule has 3 fully saturated rings. The lowest BCUT2D eigenvalue weighted by atomic mass is 10.0. The topological polar surface area (TPSA) is 180 Å². The van der Waals surface area contributed by atoms with Gasteiger partial charge in [-0.15, -0.1) is 6.42 Å². The van der Waals surface area contributed by atoms with Crippen molar-refractivity contribution in [2.24, 2.45) is 0 Å². The Bertz CT molecular complexity index is 1540. The van der Waals surface area contributed by atoms with Crippen LogP contribution in [0.5, 0.6) is 0 Å². The summed E-state index contributed by atoms with van der Waals surface area (Å²) in [5.41, 5.74) is 6.25. The van der Waals surface area contributed by atoms with E-state index in [0.717, 1.165) is 29.9 Å². The number of aliphatic carboxylic acids is 1. The van der Waals surface area contributed by atoms with Crippen LogP contribution in [0.2, 0.25) is 5.28 Å². The molecule has 2 amide bonds. The molecule has 1 unspecified atom stereocenters. The molecule has 0 radical (unpaired) electrons. The molecule has 5 N–H and O–H groups in total. The molecule has 5 heterocycles. The summed E-state index contributed by atoms with van der Waals surface area (Å²) < 4.78 is 18.2. The van der Waals surface area contributed by atoms with Gasteiger partial charge >= 0.3 is 18.2 Å². The summed E-state index contributed by atoms with van der Waals surface area (Å²) >= 11 is 7.83. The molecule has 3 aromatic rings. The molecule has 15 heteroatoms. The molecule has 3 aliphatic heterocycles. The minimum absolute atomic E-state index is 0.00491. The Kier molecular flexibility index (Phi) is 12.4. The fourth-order valence-corrected chi connectivity index (χ4v) is 6.37. The lowest BCUT2D eigenvalue weighted by molar-refractivity contribution is -0.137. The van der Waals surface area contributed by atoms with E-state index in [2.05, 4.69) is 26.5 Å². The number of nitrogens with two attached hydrogens (primary N) is 1. The predicted octanol–water partition coefficient (Wildman–Crippen LogP) is 4.75. The standard InChI is InChI=1S/C21H19ClN4O4.C5H8N2OS.C5H10O2/c1-2-21(13-29-20(27)28-12-14-6-4-3-5-7-14)10-8-16(30-21)26-11-9-15-17(23)24-19(22)25-18(15)26;8-5-6-3-1-9-2-4(3)7-5;1-2-3-4-5(6)7/h1,3-7,9,11,16H,8,10,12-13H2,(H2,23,24,25);3-4H,1-2H2,(H2,6,7,8);2-4H2,1H3,(H,6,7)/t16-,21+;3-,4?;/m10./s1. The summed E-state index contributed by atoms with van der Waals surface area (Å²) in [4.78, 5) is 40.5. The first-order valence-electron chi connectivity index (χ1n) is 14.8. The third-order valence-corrected chi connectivity index (χ3v) is 8.74. The molecule has 0 spiro atoms. The summed E-state index contributed by atoms with van der Waals surface area (Å²) in [5, 5.41) is 14.4. The van der Waals surface area contributed by atoms with Crippen molar-refractivity contribution in [1.29, 1.82) is 0 Å². The monoisotopic (exact) mass is 672 g/mol. The number of anilines is 1. The molecular formula is C31H37ClN6O7S. The van der Waals surface area contributed by atoms with E-state index < -0.39 is 24.0 Å². The van der Waals surface area contributed by atoms with Crippen LogP contribution in [0.25, 0.3) is 11.0 Å². The molecule has 0 aliphatic carbocycles. The summed E-state index contributed by atoms with van der Waals surface area (Å²) in [7, 11) is 0. The van der Waals surface area contributed by atoms with Gasteiger partial charge in [-0.3, -0.25) is 4.79 Å². The quantitative estimate of drug-likeness (QED) is 0.112. The molecule has 4 atom stereocenters. The van der Waals surface area contributed by atoms with Crippen LogP contribution in [0.1, 0.15) is 50.8 Å². The SMILES string of the molecule is C#C[C@@]1(COC(=O)OCc2ccccc2)CC[C@H](n2ccc3c(N)nc(Cl)nc32)O1.CCCCC(=O)O.O=C1NC2CSC[C@@H]2N1.